The van der Waals surface area contributed by atoms with Crippen LogP contribution in [0.25, 0.3) is 0 Å². The third-order valence-electron chi connectivity index (χ3n) is 3.45. The first-order valence-corrected chi connectivity index (χ1v) is 7.40. The Morgan fingerprint density at radius 1 is 0.880 bits per heavy atom. The summed E-state index contributed by atoms with van der Waals surface area (Å²) >= 11 is 0. The van der Waals surface area contributed by atoms with Gasteiger partial charge in [0.2, 0.25) is 0 Å². The predicted molar refractivity (Wildman–Crippen MR) is 94.2 cm³/mol. The Morgan fingerprint density at radius 3 is 2.20 bits per heavy atom. The summed E-state index contributed by atoms with van der Waals surface area (Å²) in [6.45, 7) is 0. The van der Waals surface area contributed by atoms with Crippen molar-refractivity contribution < 1.29 is 23.7 Å². The fourth-order valence-electron chi connectivity index (χ4n) is 2.14. The van der Waals surface area contributed by atoms with Crippen LogP contribution < -0.4 is 24.4 Å². The van der Waals surface area contributed by atoms with Gasteiger partial charge < -0.3 is 18.9 Å². The lowest BCUT2D eigenvalue weighted by Gasteiger charge is -2.09. The van der Waals surface area contributed by atoms with Crippen LogP contribution in [0, 0.1) is 0 Å². The molecule has 0 radical (unpaired) electrons. The van der Waals surface area contributed by atoms with Gasteiger partial charge in [-0.05, 0) is 36.4 Å². The summed E-state index contributed by atoms with van der Waals surface area (Å²) in [5.74, 6) is 1.91. The molecule has 0 aliphatic rings. The molecule has 132 valence electrons. The van der Waals surface area contributed by atoms with Crippen molar-refractivity contribution in [1.29, 1.82) is 0 Å². The number of hydrazone groups is 1. The maximum Gasteiger partial charge on any atom is 0.271 e. The molecular formula is C18H20N2O5. The summed E-state index contributed by atoms with van der Waals surface area (Å²) in [6, 6.07) is 10.1. The minimum atomic E-state index is -0.376. The molecule has 7 nitrogen and oxygen atoms in total. The van der Waals surface area contributed by atoms with Crippen LogP contribution >= 0.6 is 0 Å². The second-order valence-corrected chi connectivity index (χ2v) is 4.88. The molecule has 0 spiro atoms. The van der Waals surface area contributed by atoms with Crippen molar-refractivity contribution in [1.82, 2.24) is 5.43 Å². The zero-order valence-electron chi connectivity index (χ0n) is 14.5. The minimum Gasteiger partial charge on any atom is -0.497 e. The van der Waals surface area contributed by atoms with E-state index in [4.69, 9.17) is 18.9 Å². The molecule has 0 fully saturated rings. The normalized spacial score (nSPS) is 10.4. The van der Waals surface area contributed by atoms with Crippen molar-refractivity contribution in [3.05, 3.63) is 47.5 Å². The third kappa shape index (κ3) is 4.41. The van der Waals surface area contributed by atoms with Gasteiger partial charge >= 0.3 is 0 Å². The van der Waals surface area contributed by atoms with Gasteiger partial charge in [0.15, 0.2) is 11.5 Å². The summed E-state index contributed by atoms with van der Waals surface area (Å²) in [5, 5.41) is 3.97. The Morgan fingerprint density at radius 2 is 1.56 bits per heavy atom. The number of amides is 1. The van der Waals surface area contributed by atoms with Gasteiger partial charge in [0, 0.05) is 11.1 Å². The highest BCUT2D eigenvalue weighted by Crippen LogP contribution is 2.27. The quantitative estimate of drug-likeness (QED) is 0.617. The van der Waals surface area contributed by atoms with Crippen LogP contribution in [0.5, 0.6) is 23.0 Å². The fourth-order valence-corrected chi connectivity index (χ4v) is 2.14. The second-order valence-electron chi connectivity index (χ2n) is 4.88. The van der Waals surface area contributed by atoms with Crippen LogP contribution in [0.1, 0.15) is 15.9 Å². The van der Waals surface area contributed by atoms with E-state index < -0.39 is 0 Å². The van der Waals surface area contributed by atoms with Crippen LogP contribution in [0.4, 0.5) is 0 Å². The number of rotatable bonds is 7. The lowest BCUT2D eigenvalue weighted by atomic mass is 10.2. The number of carbonyl (C=O) groups is 1. The first-order chi connectivity index (χ1) is 12.1. The molecule has 25 heavy (non-hydrogen) atoms. The van der Waals surface area contributed by atoms with E-state index in [1.165, 1.54) is 20.4 Å². The highest BCUT2D eigenvalue weighted by atomic mass is 16.5. The van der Waals surface area contributed by atoms with Gasteiger partial charge in [-0.3, -0.25) is 4.79 Å². The molecule has 0 unspecified atom stereocenters. The smallest absolute Gasteiger partial charge is 0.271 e. The van der Waals surface area contributed by atoms with Crippen LogP contribution in [0.2, 0.25) is 0 Å². The Kier molecular flexibility index (Phi) is 6.22. The predicted octanol–water partition coefficient (Wildman–Crippen LogP) is 2.48. The number of hydrogen-bond donors (Lipinski definition) is 1. The van der Waals surface area contributed by atoms with E-state index in [-0.39, 0.29) is 5.91 Å². The van der Waals surface area contributed by atoms with E-state index in [0.29, 0.717) is 34.1 Å². The molecule has 0 aliphatic heterocycles. The van der Waals surface area contributed by atoms with Crippen LogP contribution in [0.3, 0.4) is 0 Å². The third-order valence-corrected chi connectivity index (χ3v) is 3.45. The Bertz CT molecular complexity index is 774. The molecule has 7 heteroatoms. The van der Waals surface area contributed by atoms with Gasteiger partial charge in [0.25, 0.3) is 5.91 Å². The van der Waals surface area contributed by atoms with Crippen molar-refractivity contribution in [2.75, 3.05) is 28.4 Å². The topological polar surface area (TPSA) is 78.4 Å². The highest BCUT2D eigenvalue weighted by molar-refractivity contribution is 5.95. The van der Waals surface area contributed by atoms with Gasteiger partial charge in [0.05, 0.1) is 34.7 Å². The summed E-state index contributed by atoms with van der Waals surface area (Å²) in [7, 11) is 6.17. The average molecular weight is 344 g/mol. The van der Waals surface area contributed by atoms with Crippen LogP contribution in [0.15, 0.2) is 41.5 Å². The molecule has 1 amide bonds. The van der Waals surface area contributed by atoms with Gasteiger partial charge in [-0.2, -0.15) is 5.10 Å². The minimum absolute atomic E-state index is 0.376. The maximum absolute atomic E-state index is 12.2. The molecule has 0 aromatic heterocycles. The van der Waals surface area contributed by atoms with Gasteiger partial charge in [-0.1, -0.05) is 0 Å². The average Bonchev–Trinajstić information content (AvgIpc) is 2.67. The number of ether oxygens (including phenoxy) is 4. The van der Waals surface area contributed by atoms with Crippen molar-refractivity contribution >= 4 is 12.1 Å². The number of methoxy groups -OCH3 is 4. The largest absolute Gasteiger partial charge is 0.497 e. The zero-order chi connectivity index (χ0) is 18.2. The molecule has 0 saturated carbocycles. The molecule has 2 rings (SSSR count). The first kappa shape index (κ1) is 18.1. The van der Waals surface area contributed by atoms with Crippen LogP contribution in [-0.4, -0.2) is 40.6 Å². The van der Waals surface area contributed by atoms with E-state index in [1.807, 2.05) is 0 Å². The monoisotopic (exact) mass is 344 g/mol. The molecule has 0 heterocycles. The summed E-state index contributed by atoms with van der Waals surface area (Å²) in [6.07, 6.45) is 1.49. The number of hydrogen-bond acceptors (Lipinski definition) is 6. The lowest BCUT2D eigenvalue weighted by Crippen LogP contribution is -2.17. The Hall–Kier alpha value is -3.22. The molecule has 2 aromatic carbocycles. The van der Waals surface area contributed by atoms with Crippen molar-refractivity contribution in [2.45, 2.75) is 0 Å². The van der Waals surface area contributed by atoms with E-state index in [1.54, 1.807) is 50.6 Å². The lowest BCUT2D eigenvalue weighted by molar-refractivity contribution is 0.0954. The van der Waals surface area contributed by atoms with Gasteiger partial charge in [-0.25, -0.2) is 5.43 Å². The van der Waals surface area contributed by atoms with E-state index >= 15 is 0 Å². The van der Waals surface area contributed by atoms with Gasteiger partial charge in [0.1, 0.15) is 11.5 Å². The van der Waals surface area contributed by atoms with E-state index in [2.05, 4.69) is 10.5 Å². The maximum atomic E-state index is 12.2. The molecule has 1 N–H and O–H groups in total. The first-order valence-electron chi connectivity index (χ1n) is 7.40. The highest BCUT2D eigenvalue weighted by Gasteiger charge is 2.10. The molecular weight excluding hydrogens is 324 g/mol. The summed E-state index contributed by atoms with van der Waals surface area (Å²) < 4.78 is 20.7. The summed E-state index contributed by atoms with van der Waals surface area (Å²) in [5.41, 5.74) is 3.53. The molecule has 0 aliphatic carbocycles. The van der Waals surface area contributed by atoms with E-state index in [9.17, 15) is 4.79 Å². The second kappa shape index (κ2) is 8.58. The van der Waals surface area contributed by atoms with Crippen molar-refractivity contribution in [3.8, 4) is 23.0 Å². The van der Waals surface area contributed by atoms with Gasteiger partial charge in [-0.15, -0.1) is 0 Å². The van der Waals surface area contributed by atoms with Crippen LogP contribution in [-0.2, 0) is 0 Å². The number of nitrogens with zero attached hydrogens (tertiary/aromatic N) is 1. The fraction of sp³-hybridized carbons (Fsp3) is 0.222. The Labute approximate surface area is 146 Å². The SMILES string of the molecule is COc1ccc(OC)c(C=NNC(=O)c2ccc(OC)c(OC)c2)c1. The summed E-state index contributed by atoms with van der Waals surface area (Å²) in [4.78, 5) is 12.2. The number of nitrogens with one attached hydrogen (secondary N) is 1. The standard InChI is InChI=1S/C18H20N2O5/c1-22-14-6-8-15(23-2)13(9-14)11-19-20-18(21)12-5-7-16(24-3)17(10-12)25-4/h5-11H,1-4H3,(H,20,21). The molecule has 0 atom stereocenters. The molecule has 0 bridgehead atoms. The number of carbonyl (C=O) groups excluding carboxylic acids is 1. The number of benzene rings is 2. The molecule has 0 saturated heterocycles. The van der Waals surface area contributed by atoms with Crippen molar-refractivity contribution in [2.24, 2.45) is 5.10 Å². The van der Waals surface area contributed by atoms with E-state index in [0.717, 1.165) is 0 Å². The van der Waals surface area contributed by atoms with Crippen molar-refractivity contribution in [3.63, 3.8) is 0 Å². The zero-order valence-corrected chi connectivity index (χ0v) is 14.5. The molecule has 2 aromatic rings. The Balaban J connectivity index is 2.13.